The highest BCUT2D eigenvalue weighted by molar-refractivity contribution is 9.10. The van der Waals surface area contributed by atoms with Gasteiger partial charge in [0, 0.05) is 6.04 Å². The van der Waals surface area contributed by atoms with E-state index in [0.717, 1.165) is 0 Å². The summed E-state index contributed by atoms with van der Waals surface area (Å²) in [6.07, 6.45) is -0.944. The first-order valence-electron chi connectivity index (χ1n) is 5.44. The lowest BCUT2D eigenvalue weighted by Crippen LogP contribution is -2.31. The summed E-state index contributed by atoms with van der Waals surface area (Å²) in [5, 5.41) is 6.47. The van der Waals surface area contributed by atoms with Gasteiger partial charge in [0.15, 0.2) is 0 Å². The van der Waals surface area contributed by atoms with Gasteiger partial charge in [-0.3, -0.25) is 4.79 Å². The predicted octanol–water partition coefficient (Wildman–Crippen LogP) is 2.94. The third-order valence-corrected chi connectivity index (χ3v) is 3.00. The van der Waals surface area contributed by atoms with E-state index in [2.05, 4.69) is 32.9 Å². The van der Waals surface area contributed by atoms with Gasteiger partial charge >= 0.3 is 6.18 Å². The van der Waals surface area contributed by atoms with Crippen LogP contribution in [-0.2, 0) is 6.54 Å². The average molecular weight is 340 g/mol. The second-order valence-electron chi connectivity index (χ2n) is 4.02. The molecular formula is C11H13BrF3N3O. The molecule has 0 radical (unpaired) electrons. The Morgan fingerprint density at radius 3 is 2.79 bits per heavy atom. The Bertz CT molecular complexity index is 513. The molecule has 1 N–H and O–H groups in total. The highest BCUT2D eigenvalue weighted by Gasteiger charge is 2.29. The number of aromatic nitrogens is 2. The van der Waals surface area contributed by atoms with E-state index < -0.39 is 18.3 Å². The smallest absolute Gasteiger partial charge is 0.380 e. The number of rotatable bonds is 5. The topological polar surface area (TPSA) is 46.9 Å². The Morgan fingerprint density at radius 1 is 1.63 bits per heavy atom. The summed E-state index contributed by atoms with van der Waals surface area (Å²) in [6.45, 7) is 4.03. The summed E-state index contributed by atoms with van der Waals surface area (Å²) >= 11 is 2.99. The normalized spacial score (nSPS) is 13.1. The van der Waals surface area contributed by atoms with Gasteiger partial charge in [0.2, 0.25) is 0 Å². The lowest BCUT2D eigenvalue weighted by atomic mass is 10.2. The lowest BCUT2D eigenvalue weighted by molar-refractivity contribution is -0.143. The van der Waals surface area contributed by atoms with Crippen LogP contribution in [0.4, 0.5) is 18.9 Å². The minimum Gasteiger partial charge on any atom is -0.380 e. The van der Waals surface area contributed by atoms with Crippen molar-refractivity contribution in [3.63, 3.8) is 0 Å². The van der Waals surface area contributed by atoms with Crippen molar-refractivity contribution < 1.29 is 13.2 Å². The third-order valence-electron chi connectivity index (χ3n) is 2.24. The summed E-state index contributed by atoms with van der Waals surface area (Å²) in [7, 11) is 0. The summed E-state index contributed by atoms with van der Waals surface area (Å²) in [6, 6.07) is -0.00605. The fourth-order valence-corrected chi connectivity index (χ4v) is 1.84. The van der Waals surface area contributed by atoms with E-state index in [-0.39, 0.29) is 10.5 Å². The molecule has 1 aromatic rings. The van der Waals surface area contributed by atoms with Crippen LogP contribution in [0.5, 0.6) is 0 Å². The Balaban J connectivity index is 2.98. The van der Waals surface area contributed by atoms with E-state index in [1.54, 1.807) is 6.08 Å². The van der Waals surface area contributed by atoms with Crippen LogP contribution < -0.4 is 10.9 Å². The van der Waals surface area contributed by atoms with Crippen molar-refractivity contribution in [2.24, 2.45) is 0 Å². The van der Waals surface area contributed by atoms with Crippen molar-refractivity contribution in [3.05, 3.63) is 33.7 Å². The van der Waals surface area contributed by atoms with Crippen LogP contribution in [-0.4, -0.2) is 22.0 Å². The molecule has 0 aromatic carbocycles. The Hall–Kier alpha value is -1.31. The second kappa shape index (κ2) is 6.23. The minimum absolute atomic E-state index is 0.00605. The maximum atomic E-state index is 12.2. The molecule has 0 aliphatic rings. The van der Waals surface area contributed by atoms with Crippen molar-refractivity contribution >= 4 is 21.6 Å². The number of hydrogen-bond donors (Lipinski definition) is 1. The van der Waals surface area contributed by atoms with E-state index in [9.17, 15) is 18.0 Å². The molecule has 0 aliphatic carbocycles. The van der Waals surface area contributed by atoms with E-state index in [1.807, 2.05) is 6.92 Å². The molecule has 0 spiro atoms. The van der Waals surface area contributed by atoms with Crippen molar-refractivity contribution in [3.8, 4) is 0 Å². The zero-order valence-corrected chi connectivity index (χ0v) is 11.8. The second-order valence-corrected chi connectivity index (χ2v) is 4.81. The molecule has 0 fully saturated rings. The first-order chi connectivity index (χ1) is 8.74. The molecule has 1 atom stereocenters. The molecular weight excluding hydrogens is 327 g/mol. The van der Waals surface area contributed by atoms with Crippen LogP contribution in [0.15, 0.2) is 28.1 Å². The highest BCUT2D eigenvalue weighted by atomic mass is 79.9. The average Bonchev–Trinajstić information content (AvgIpc) is 2.28. The molecule has 1 heterocycles. The van der Waals surface area contributed by atoms with Gasteiger partial charge in [0.1, 0.15) is 11.0 Å². The Kier molecular flexibility index (Phi) is 5.16. The standard InChI is InChI=1S/C11H13BrF3N3O/c1-3-4-7(2)17-8-5-16-18(6-11(13,14)15)10(19)9(8)12/h3,5,7,17H,1,4,6H2,2H3. The maximum Gasteiger partial charge on any atom is 0.408 e. The minimum atomic E-state index is -4.48. The molecule has 0 bridgehead atoms. The number of alkyl halides is 3. The Morgan fingerprint density at radius 2 is 2.26 bits per heavy atom. The van der Waals surface area contributed by atoms with Gasteiger partial charge in [0.25, 0.3) is 5.56 Å². The molecule has 8 heteroatoms. The fourth-order valence-electron chi connectivity index (χ4n) is 1.42. The number of halogens is 4. The molecule has 0 saturated heterocycles. The molecule has 106 valence electrons. The van der Waals surface area contributed by atoms with Crippen LogP contribution in [0, 0.1) is 0 Å². The van der Waals surface area contributed by atoms with Gasteiger partial charge in [-0.1, -0.05) is 6.08 Å². The quantitative estimate of drug-likeness (QED) is 0.839. The van der Waals surface area contributed by atoms with E-state index in [0.29, 0.717) is 16.8 Å². The number of hydrogen-bond acceptors (Lipinski definition) is 3. The molecule has 0 saturated carbocycles. The molecule has 1 rings (SSSR count). The van der Waals surface area contributed by atoms with E-state index in [4.69, 9.17) is 0 Å². The Labute approximate surface area is 116 Å². The van der Waals surface area contributed by atoms with Crippen molar-refractivity contribution in [2.75, 3.05) is 5.32 Å². The van der Waals surface area contributed by atoms with Crippen LogP contribution in [0.2, 0.25) is 0 Å². The third kappa shape index (κ3) is 4.70. The predicted molar refractivity (Wildman–Crippen MR) is 70.2 cm³/mol. The van der Waals surface area contributed by atoms with Crippen LogP contribution in [0.1, 0.15) is 13.3 Å². The SMILES string of the molecule is C=CCC(C)Nc1cnn(CC(F)(F)F)c(=O)c1Br. The van der Waals surface area contributed by atoms with Crippen molar-refractivity contribution in [1.29, 1.82) is 0 Å². The highest BCUT2D eigenvalue weighted by Crippen LogP contribution is 2.20. The molecule has 1 aromatic heterocycles. The zero-order valence-electron chi connectivity index (χ0n) is 10.2. The summed E-state index contributed by atoms with van der Waals surface area (Å²) < 4.78 is 37.1. The summed E-state index contributed by atoms with van der Waals surface area (Å²) in [5.74, 6) is 0. The van der Waals surface area contributed by atoms with Gasteiger partial charge in [-0.05, 0) is 29.3 Å². The zero-order chi connectivity index (χ0) is 14.6. The van der Waals surface area contributed by atoms with Gasteiger partial charge in [-0.15, -0.1) is 6.58 Å². The van der Waals surface area contributed by atoms with Gasteiger partial charge in [0.05, 0.1) is 11.9 Å². The van der Waals surface area contributed by atoms with Crippen molar-refractivity contribution in [2.45, 2.75) is 32.1 Å². The molecule has 19 heavy (non-hydrogen) atoms. The van der Waals surface area contributed by atoms with Crippen LogP contribution in [0.3, 0.4) is 0 Å². The number of nitrogens with zero attached hydrogens (tertiary/aromatic N) is 2. The monoisotopic (exact) mass is 339 g/mol. The van der Waals surface area contributed by atoms with E-state index in [1.165, 1.54) is 6.20 Å². The van der Waals surface area contributed by atoms with Crippen LogP contribution >= 0.6 is 15.9 Å². The van der Waals surface area contributed by atoms with Gasteiger partial charge in [-0.2, -0.15) is 18.3 Å². The first-order valence-corrected chi connectivity index (χ1v) is 6.23. The first kappa shape index (κ1) is 15.7. The lowest BCUT2D eigenvalue weighted by Gasteiger charge is -2.15. The van der Waals surface area contributed by atoms with Crippen LogP contribution in [0.25, 0.3) is 0 Å². The fraction of sp³-hybridized carbons (Fsp3) is 0.455. The van der Waals surface area contributed by atoms with Gasteiger partial charge < -0.3 is 5.32 Å². The maximum absolute atomic E-state index is 12.2. The summed E-state index contributed by atoms with van der Waals surface area (Å²) in [5.41, 5.74) is -0.467. The molecule has 1 unspecified atom stereocenters. The molecule has 0 aliphatic heterocycles. The summed E-state index contributed by atoms with van der Waals surface area (Å²) in [4.78, 5) is 11.7. The van der Waals surface area contributed by atoms with Gasteiger partial charge in [-0.25, -0.2) is 4.68 Å². The largest absolute Gasteiger partial charge is 0.408 e. The molecule has 0 amide bonds. The van der Waals surface area contributed by atoms with E-state index >= 15 is 0 Å². The number of nitrogens with one attached hydrogen (secondary N) is 1. The molecule has 4 nitrogen and oxygen atoms in total. The van der Waals surface area contributed by atoms with Crippen molar-refractivity contribution in [1.82, 2.24) is 9.78 Å². The number of anilines is 1.